The summed E-state index contributed by atoms with van der Waals surface area (Å²) in [6.07, 6.45) is 0. The average molecular weight is 265 g/mol. The molecule has 7 nitrogen and oxygen atoms in total. The molecule has 18 heavy (non-hydrogen) atoms. The molecule has 0 saturated carbocycles. The lowest BCUT2D eigenvalue weighted by Gasteiger charge is -2.30. The molecule has 0 aliphatic carbocycles. The van der Waals surface area contributed by atoms with Gasteiger partial charge in [-0.05, 0) is 25.4 Å². The number of hydrogen-bond acceptors (Lipinski definition) is 7. The minimum Gasteiger partial charge on any atom is -0.337 e. The predicted molar refractivity (Wildman–Crippen MR) is 69.7 cm³/mol. The quantitative estimate of drug-likeness (QED) is 0.819. The summed E-state index contributed by atoms with van der Waals surface area (Å²) in [5.41, 5.74) is 0.886. The molecule has 2 aromatic heterocycles. The molecule has 2 N–H and O–H groups in total. The molecule has 0 unspecified atom stereocenters. The fraction of sp³-hybridized carbons (Fsp3) is 0.600. The Morgan fingerprint density at radius 2 is 2.33 bits per heavy atom. The number of hydrogen-bond donors (Lipinski definition) is 2. The van der Waals surface area contributed by atoms with E-state index in [4.69, 9.17) is 0 Å². The van der Waals surface area contributed by atoms with E-state index in [-0.39, 0.29) is 0 Å². The molecule has 3 heterocycles. The normalized spacial score (nSPS) is 20.3. The van der Waals surface area contributed by atoms with E-state index in [2.05, 4.69) is 41.9 Å². The van der Waals surface area contributed by atoms with Gasteiger partial charge in [0.15, 0.2) is 5.82 Å². The van der Waals surface area contributed by atoms with Crippen LogP contribution in [0.4, 0.5) is 5.95 Å². The maximum Gasteiger partial charge on any atom is 0.245 e. The predicted octanol–water partition coefficient (Wildman–Crippen LogP) is 0.430. The first-order chi connectivity index (χ1) is 8.74. The number of H-pyrrole nitrogens is 1. The number of anilines is 1. The molecule has 1 aliphatic heterocycles. The van der Waals surface area contributed by atoms with Crippen LogP contribution in [0.25, 0.3) is 10.7 Å². The molecule has 2 aromatic rings. The Morgan fingerprint density at radius 1 is 1.44 bits per heavy atom. The molecule has 0 spiro atoms. The van der Waals surface area contributed by atoms with E-state index in [0.29, 0.717) is 6.04 Å². The zero-order valence-electron chi connectivity index (χ0n) is 10.3. The Hall–Kier alpha value is -1.54. The van der Waals surface area contributed by atoms with Gasteiger partial charge in [0.05, 0.1) is 5.69 Å². The van der Waals surface area contributed by atoms with Crippen molar-refractivity contribution in [3.8, 4) is 10.7 Å². The molecule has 3 rings (SSSR count). The second-order valence-corrected chi connectivity index (χ2v) is 5.23. The van der Waals surface area contributed by atoms with Crippen molar-refractivity contribution in [1.29, 1.82) is 0 Å². The van der Waals surface area contributed by atoms with Crippen molar-refractivity contribution < 1.29 is 0 Å². The van der Waals surface area contributed by atoms with Gasteiger partial charge in [-0.2, -0.15) is 4.98 Å². The van der Waals surface area contributed by atoms with Gasteiger partial charge in [0.1, 0.15) is 4.88 Å². The molecular weight excluding hydrogens is 250 g/mol. The van der Waals surface area contributed by atoms with E-state index in [0.717, 1.165) is 42.0 Å². The number of nitrogens with one attached hydrogen (secondary N) is 2. The number of nitrogens with zero attached hydrogens (tertiary/aromatic N) is 5. The second-order valence-electron chi connectivity index (χ2n) is 4.47. The van der Waals surface area contributed by atoms with Gasteiger partial charge in [-0.1, -0.05) is 4.49 Å². The highest BCUT2D eigenvalue weighted by atomic mass is 32.1. The van der Waals surface area contributed by atoms with Crippen molar-refractivity contribution in [2.45, 2.75) is 19.9 Å². The van der Waals surface area contributed by atoms with Gasteiger partial charge < -0.3 is 10.2 Å². The summed E-state index contributed by atoms with van der Waals surface area (Å²) in [5, 5.41) is 14.6. The highest BCUT2D eigenvalue weighted by molar-refractivity contribution is 7.09. The lowest BCUT2D eigenvalue weighted by atomic mass is 10.2. The molecule has 0 radical (unpaired) electrons. The number of aromatic nitrogens is 5. The monoisotopic (exact) mass is 265 g/mol. The molecular formula is C10H15N7S. The van der Waals surface area contributed by atoms with Crippen molar-refractivity contribution in [1.82, 2.24) is 30.1 Å². The van der Waals surface area contributed by atoms with Crippen molar-refractivity contribution in [3.63, 3.8) is 0 Å². The molecule has 0 bridgehead atoms. The molecule has 0 aromatic carbocycles. The van der Waals surface area contributed by atoms with Crippen LogP contribution in [0.1, 0.15) is 12.6 Å². The van der Waals surface area contributed by atoms with Crippen LogP contribution < -0.4 is 10.2 Å². The third-order valence-electron chi connectivity index (χ3n) is 2.99. The van der Waals surface area contributed by atoms with Gasteiger partial charge in [0, 0.05) is 25.7 Å². The molecule has 1 fully saturated rings. The van der Waals surface area contributed by atoms with Gasteiger partial charge in [0.25, 0.3) is 0 Å². The summed E-state index contributed by atoms with van der Waals surface area (Å²) in [7, 11) is 0. The first-order valence-corrected chi connectivity index (χ1v) is 6.71. The van der Waals surface area contributed by atoms with E-state index in [9.17, 15) is 0 Å². The van der Waals surface area contributed by atoms with E-state index >= 15 is 0 Å². The lowest BCUT2D eigenvalue weighted by molar-refractivity contribution is 0.480. The minimum atomic E-state index is 0.465. The number of rotatable bonds is 2. The van der Waals surface area contributed by atoms with E-state index in [1.807, 2.05) is 6.92 Å². The van der Waals surface area contributed by atoms with Crippen molar-refractivity contribution >= 4 is 17.5 Å². The average Bonchev–Trinajstić information content (AvgIpc) is 2.97. The first-order valence-electron chi connectivity index (χ1n) is 5.94. The first kappa shape index (κ1) is 11.5. The SMILES string of the molecule is Cc1nnsc1-c1nc(N2CCN[C@H](C)C2)n[nH]1. The smallest absolute Gasteiger partial charge is 0.245 e. The fourth-order valence-corrected chi connectivity index (χ4v) is 2.65. The van der Waals surface area contributed by atoms with Crippen LogP contribution in [0.15, 0.2) is 0 Å². The van der Waals surface area contributed by atoms with Crippen molar-refractivity contribution in [2.75, 3.05) is 24.5 Å². The van der Waals surface area contributed by atoms with Crippen LogP contribution in [0, 0.1) is 6.92 Å². The van der Waals surface area contributed by atoms with Crippen LogP contribution in [-0.2, 0) is 0 Å². The van der Waals surface area contributed by atoms with Crippen LogP contribution in [0.3, 0.4) is 0 Å². The third kappa shape index (κ3) is 2.08. The number of piperazine rings is 1. The molecule has 1 saturated heterocycles. The van der Waals surface area contributed by atoms with E-state index < -0.39 is 0 Å². The summed E-state index contributed by atoms with van der Waals surface area (Å²) in [6.45, 7) is 6.91. The summed E-state index contributed by atoms with van der Waals surface area (Å²) < 4.78 is 3.91. The second kappa shape index (κ2) is 4.62. The van der Waals surface area contributed by atoms with Crippen LogP contribution >= 0.6 is 11.5 Å². The minimum absolute atomic E-state index is 0.465. The highest BCUT2D eigenvalue weighted by Gasteiger charge is 2.20. The Bertz CT molecular complexity index is 534. The van der Waals surface area contributed by atoms with Crippen LogP contribution in [0.2, 0.25) is 0 Å². The lowest BCUT2D eigenvalue weighted by Crippen LogP contribution is -2.49. The summed E-state index contributed by atoms with van der Waals surface area (Å²) >= 11 is 1.34. The van der Waals surface area contributed by atoms with E-state index in [1.54, 1.807) is 0 Å². The number of aromatic amines is 1. The summed E-state index contributed by atoms with van der Waals surface area (Å²) in [4.78, 5) is 7.67. The Labute approximate surface area is 109 Å². The topological polar surface area (TPSA) is 82.6 Å². The van der Waals surface area contributed by atoms with Gasteiger partial charge in [-0.25, -0.2) is 0 Å². The Balaban J connectivity index is 1.83. The molecule has 1 atom stereocenters. The maximum atomic E-state index is 4.53. The van der Waals surface area contributed by atoms with Crippen molar-refractivity contribution in [3.05, 3.63) is 5.69 Å². The van der Waals surface area contributed by atoms with Crippen LogP contribution in [0.5, 0.6) is 0 Å². The summed E-state index contributed by atoms with van der Waals surface area (Å²) in [6, 6.07) is 0.465. The Kier molecular flexibility index (Phi) is 2.96. The van der Waals surface area contributed by atoms with Crippen LogP contribution in [-0.4, -0.2) is 50.4 Å². The fourth-order valence-electron chi connectivity index (χ4n) is 2.06. The molecule has 1 aliphatic rings. The number of aryl methyl sites for hydroxylation is 1. The zero-order valence-corrected chi connectivity index (χ0v) is 11.2. The van der Waals surface area contributed by atoms with Gasteiger partial charge in [-0.3, -0.25) is 5.10 Å². The van der Waals surface area contributed by atoms with Gasteiger partial charge in [-0.15, -0.1) is 10.2 Å². The van der Waals surface area contributed by atoms with Gasteiger partial charge >= 0.3 is 0 Å². The third-order valence-corrected chi connectivity index (χ3v) is 3.83. The molecule has 0 amide bonds. The van der Waals surface area contributed by atoms with Crippen molar-refractivity contribution in [2.24, 2.45) is 0 Å². The zero-order chi connectivity index (χ0) is 12.5. The highest BCUT2D eigenvalue weighted by Crippen LogP contribution is 2.23. The Morgan fingerprint density at radius 3 is 3.06 bits per heavy atom. The maximum absolute atomic E-state index is 4.53. The molecule has 96 valence electrons. The van der Waals surface area contributed by atoms with E-state index in [1.165, 1.54) is 11.5 Å². The van der Waals surface area contributed by atoms with Gasteiger partial charge in [0.2, 0.25) is 5.95 Å². The molecule has 8 heteroatoms. The largest absolute Gasteiger partial charge is 0.337 e. The standard InChI is InChI=1S/C10H15N7S/c1-6-5-17(4-3-11-6)10-12-9(14-15-10)8-7(2)13-16-18-8/h6,11H,3-5H2,1-2H3,(H,12,14,15)/t6-/m1/s1. The summed E-state index contributed by atoms with van der Waals surface area (Å²) in [5.74, 6) is 1.51.